The third kappa shape index (κ3) is 6.28. The van der Waals surface area contributed by atoms with Crippen LogP contribution >= 0.6 is 0 Å². The standard InChI is InChI=1S/C15H22F3NO/c1-3-10-19-14(8-5-9-15(16,17)18)12-6-4-7-13(11-12)20-2/h4,6-7,11,14,19H,3,5,8-10H2,1-2H3. The molecule has 1 atom stereocenters. The molecule has 0 saturated carbocycles. The first-order valence-corrected chi connectivity index (χ1v) is 6.90. The van der Waals surface area contributed by atoms with Crippen LogP contribution < -0.4 is 10.1 Å². The molecular weight excluding hydrogens is 267 g/mol. The fraction of sp³-hybridized carbons (Fsp3) is 0.600. The second kappa shape index (κ2) is 8.15. The van der Waals surface area contributed by atoms with Crippen molar-refractivity contribution in [2.45, 2.75) is 44.8 Å². The van der Waals surface area contributed by atoms with Gasteiger partial charge in [0, 0.05) is 12.5 Å². The van der Waals surface area contributed by atoms with Crippen molar-refractivity contribution in [3.63, 3.8) is 0 Å². The van der Waals surface area contributed by atoms with Crippen LogP contribution in [0.15, 0.2) is 24.3 Å². The Bertz CT molecular complexity index is 393. The zero-order chi connectivity index (χ0) is 15.0. The molecule has 0 spiro atoms. The van der Waals surface area contributed by atoms with Gasteiger partial charge in [0.2, 0.25) is 0 Å². The summed E-state index contributed by atoms with van der Waals surface area (Å²) in [4.78, 5) is 0. The molecule has 0 amide bonds. The molecule has 0 aromatic heterocycles. The van der Waals surface area contributed by atoms with Crippen LogP contribution in [-0.4, -0.2) is 19.8 Å². The zero-order valence-corrected chi connectivity index (χ0v) is 12.0. The van der Waals surface area contributed by atoms with Gasteiger partial charge < -0.3 is 10.1 Å². The van der Waals surface area contributed by atoms with Gasteiger partial charge in [0.15, 0.2) is 0 Å². The number of alkyl halides is 3. The normalized spacial score (nSPS) is 13.2. The van der Waals surface area contributed by atoms with Crippen LogP contribution in [0.5, 0.6) is 5.75 Å². The van der Waals surface area contributed by atoms with Gasteiger partial charge in [-0.15, -0.1) is 0 Å². The molecule has 0 aliphatic heterocycles. The molecule has 1 aromatic rings. The molecule has 1 unspecified atom stereocenters. The molecule has 1 N–H and O–H groups in total. The maximum absolute atomic E-state index is 12.2. The number of hydrogen-bond donors (Lipinski definition) is 1. The Morgan fingerprint density at radius 1 is 1.30 bits per heavy atom. The largest absolute Gasteiger partial charge is 0.497 e. The number of halogens is 3. The molecule has 1 aromatic carbocycles. The minimum atomic E-state index is -4.08. The Balaban J connectivity index is 2.67. The number of ether oxygens (including phenoxy) is 1. The lowest BCUT2D eigenvalue weighted by atomic mass is 10.0. The van der Waals surface area contributed by atoms with Crippen molar-refractivity contribution in [3.05, 3.63) is 29.8 Å². The molecule has 0 aliphatic rings. The molecule has 0 fully saturated rings. The number of methoxy groups -OCH3 is 1. The summed E-state index contributed by atoms with van der Waals surface area (Å²) in [5.74, 6) is 0.724. The van der Waals surface area contributed by atoms with Crippen LogP contribution in [0.2, 0.25) is 0 Å². The van der Waals surface area contributed by atoms with Gasteiger partial charge in [0.25, 0.3) is 0 Å². The van der Waals surface area contributed by atoms with Crippen LogP contribution in [0, 0.1) is 0 Å². The topological polar surface area (TPSA) is 21.3 Å². The highest BCUT2D eigenvalue weighted by molar-refractivity contribution is 5.30. The lowest BCUT2D eigenvalue weighted by molar-refractivity contribution is -0.135. The van der Waals surface area contributed by atoms with E-state index in [-0.39, 0.29) is 12.5 Å². The minimum absolute atomic E-state index is 0.0626. The molecule has 1 rings (SSSR count). The van der Waals surface area contributed by atoms with E-state index in [9.17, 15) is 13.2 Å². The van der Waals surface area contributed by atoms with Gasteiger partial charge in [0.05, 0.1) is 7.11 Å². The number of nitrogens with one attached hydrogen (secondary N) is 1. The van der Waals surface area contributed by atoms with E-state index in [0.717, 1.165) is 24.3 Å². The average Bonchev–Trinajstić information content (AvgIpc) is 2.41. The summed E-state index contributed by atoms with van der Waals surface area (Å²) in [6.45, 7) is 2.82. The van der Waals surface area contributed by atoms with E-state index in [0.29, 0.717) is 6.42 Å². The maximum atomic E-state index is 12.2. The summed E-state index contributed by atoms with van der Waals surface area (Å²) in [5, 5.41) is 3.30. The monoisotopic (exact) mass is 289 g/mol. The van der Waals surface area contributed by atoms with Crippen molar-refractivity contribution >= 4 is 0 Å². The van der Waals surface area contributed by atoms with E-state index >= 15 is 0 Å². The molecule has 114 valence electrons. The van der Waals surface area contributed by atoms with Crippen molar-refractivity contribution < 1.29 is 17.9 Å². The van der Waals surface area contributed by atoms with Gasteiger partial charge in [-0.05, 0) is 43.5 Å². The molecule has 2 nitrogen and oxygen atoms in total. The van der Waals surface area contributed by atoms with Gasteiger partial charge in [-0.1, -0.05) is 19.1 Å². The van der Waals surface area contributed by atoms with Crippen LogP contribution in [-0.2, 0) is 0 Å². The molecular formula is C15H22F3NO. The Labute approximate surface area is 118 Å². The molecule has 0 bridgehead atoms. The molecule has 0 radical (unpaired) electrons. The molecule has 5 heteroatoms. The highest BCUT2D eigenvalue weighted by Gasteiger charge is 2.26. The molecule has 20 heavy (non-hydrogen) atoms. The SMILES string of the molecule is CCCNC(CCCC(F)(F)F)c1cccc(OC)c1. The van der Waals surface area contributed by atoms with Crippen LogP contribution in [0.1, 0.15) is 44.2 Å². The maximum Gasteiger partial charge on any atom is 0.389 e. The first-order chi connectivity index (χ1) is 9.46. The number of rotatable bonds is 8. The Kier molecular flexibility index (Phi) is 6.85. The fourth-order valence-electron chi connectivity index (χ4n) is 2.07. The van der Waals surface area contributed by atoms with E-state index in [1.165, 1.54) is 0 Å². The Hall–Kier alpha value is -1.23. The lowest BCUT2D eigenvalue weighted by Crippen LogP contribution is -2.22. The molecule has 0 heterocycles. The van der Waals surface area contributed by atoms with Gasteiger partial charge in [-0.2, -0.15) is 13.2 Å². The van der Waals surface area contributed by atoms with E-state index in [1.807, 2.05) is 31.2 Å². The van der Waals surface area contributed by atoms with Crippen molar-refractivity contribution in [2.75, 3.05) is 13.7 Å². The third-order valence-electron chi connectivity index (χ3n) is 3.09. The second-order valence-electron chi connectivity index (χ2n) is 4.79. The van der Waals surface area contributed by atoms with Gasteiger partial charge in [-0.3, -0.25) is 0 Å². The fourth-order valence-corrected chi connectivity index (χ4v) is 2.07. The summed E-state index contributed by atoms with van der Waals surface area (Å²) in [6, 6.07) is 7.42. The first-order valence-electron chi connectivity index (χ1n) is 6.90. The predicted molar refractivity (Wildman–Crippen MR) is 73.9 cm³/mol. The summed E-state index contributed by atoms with van der Waals surface area (Å²) >= 11 is 0. The van der Waals surface area contributed by atoms with Crippen molar-refractivity contribution in [1.82, 2.24) is 5.32 Å². The predicted octanol–water partition coefficient (Wildman–Crippen LogP) is 4.47. The zero-order valence-electron chi connectivity index (χ0n) is 12.0. The first kappa shape index (κ1) is 16.8. The van der Waals surface area contributed by atoms with Crippen LogP contribution in [0.3, 0.4) is 0 Å². The van der Waals surface area contributed by atoms with Crippen LogP contribution in [0.25, 0.3) is 0 Å². The molecule has 0 aliphatic carbocycles. The average molecular weight is 289 g/mol. The number of benzene rings is 1. The van der Waals surface area contributed by atoms with Crippen molar-refractivity contribution in [2.24, 2.45) is 0 Å². The summed E-state index contributed by atoms with van der Waals surface area (Å²) < 4.78 is 41.9. The Morgan fingerprint density at radius 2 is 2.05 bits per heavy atom. The smallest absolute Gasteiger partial charge is 0.389 e. The number of hydrogen-bond acceptors (Lipinski definition) is 2. The lowest BCUT2D eigenvalue weighted by Gasteiger charge is -2.20. The summed E-state index contributed by atoms with van der Waals surface area (Å²) in [7, 11) is 1.58. The van der Waals surface area contributed by atoms with E-state index in [4.69, 9.17) is 4.74 Å². The molecule has 0 saturated heterocycles. The highest BCUT2D eigenvalue weighted by Crippen LogP contribution is 2.27. The third-order valence-corrected chi connectivity index (χ3v) is 3.09. The minimum Gasteiger partial charge on any atom is -0.497 e. The van der Waals surface area contributed by atoms with E-state index in [2.05, 4.69) is 5.32 Å². The van der Waals surface area contributed by atoms with E-state index < -0.39 is 12.6 Å². The summed E-state index contributed by atoms with van der Waals surface area (Å²) in [6.07, 6.45) is -3.28. The van der Waals surface area contributed by atoms with E-state index in [1.54, 1.807) is 7.11 Å². The highest BCUT2D eigenvalue weighted by atomic mass is 19.4. The Morgan fingerprint density at radius 3 is 2.65 bits per heavy atom. The summed E-state index contributed by atoms with van der Waals surface area (Å²) in [5.41, 5.74) is 0.972. The van der Waals surface area contributed by atoms with Crippen molar-refractivity contribution in [3.8, 4) is 5.75 Å². The van der Waals surface area contributed by atoms with Crippen LogP contribution in [0.4, 0.5) is 13.2 Å². The van der Waals surface area contributed by atoms with Crippen molar-refractivity contribution in [1.29, 1.82) is 0 Å². The second-order valence-corrected chi connectivity index (χ2v) is 4.79. The quantitative estimate of drug-likeness (QED) is 0.762. The van der Waals surface area contributed by atoms with Gasteiger partial charge in [0.1, 0.15) is 5.75 Å². The van der Waals surface area contributed by atoms with Gasteiger partial charge in [-0.25, -0.2) is 0 Å². The van der Waals surface area contributed by atoms with Gasteiger partial charge >= 0.3 is 6.18 Å².